The molecular formula is C16H17N3O3. The molecule has 0 aliphatic heterocycles. The number of hydrogen-bond acceptors (Lipinski definition) is 5. The summed E-state index contributed by atoms with van der Waals surface area (Å²) in [6.07, 6.45) is 3.11. The number of carbonyl (C=O) groups excluding carboxylic acids is 1. The smallest absolute Gasteiger partial charge is 0.277 e. The van der Waals surface area contributed by atoms with Gasteiger partial charge in [0.25, 0.3) is 5.91 Å². The number of para-hydroxylation sites is 2. The first-order valence-corrected chi connectivity index (χ1v) is 6.87. The lowest BCUT2D eigenvalue weighted by molar-refractivity contribution is -0.123. The molecule has 0 spiro atoms. The third-order valence-corrected chi connectivity index (χ3v) is 2.58. The van der Waals surface area contributed by atoms with Gasteiger partial charge in [0.15, 0.2) is 18.1 Å². The Labute approximate surface area is 128 Å². The van der Waals surface area contributed by atoms with Gasteiger partial charge in [-0.2, -0.15) is 5.10 Å². The number of hydrazone groups is 1. The molecule has 1 aromatic heterocycles. The zero-order valence-corrected chi connectivity index (χ0v) is 12.2. The van der Waals surface area contributed by atoms with Crippen LogP contribution < -0.4 is 14.9 Å². The van der Waals surface area contributed by atoms with Gasteiger partial charge in [0.05, 0.1) is 18.5 Å². The maximum absolute atomic E-state index is 11.7. The molecule has 0 bridgehead atoms. The summed E-state index contributed by atoms with van der Waals surface area (Å²) in [6, 6.07) is 12.6. The zero-order valence-electron chi connectivity index (χ0n) is 12.2. The van der Waals surface area contributed by atoms with Crippen molar-refractivity contribution in [3.05, 3.63) is 54.4 Å². The van der Waals surface area contributed by atoms with Gasteiger partial charge in [-0.25, -0.2) is 5.43 Å². The maximum atomic E-state index is 11.7. The van der Waals surface area contributed by atoms with Crippen LogP contribution in [0, 0.1) is 0 Å². The fraction of sp³-hybridized carbons (Fsp3) is 0.188. The molecule has 6 nitrogen and oxygen atoms in total. The standard InChI is InChI=1S/C16H17N3O3/c1-2-21-14-8-3-4-9-15(14)22-12-16(20)19-18-11-13-7-5-6-10-17-13/h3-11H,2,12H2,1H3,(H,19,20)/b18-11-. The Kier molecular flexibility index (Phi) is 5.92. The predicted molar refractivity (Wildman–Crippen MR) is 83.1 cm³/mol. The molecule has 0 saturated heterocycles. The number of ether oxygens (including phenoxy) is 2. The van der Waals surface area contributed by atoms with Gasteiger partial charge in [-0.15, -0.1) is 0 Å². The lowest BCUT2D eigenvalue weighted by atomic mass is 10.3. The summed E-state index contributed by atoms with van der Waals surface area (Å²) in [5.74, 6) is 0.765. The molecule has 0 atom stereocenters. The number of hydrogen-bond donors (Lipinski definition) is 1. The van der Waals surface area contributed by atoms with E-state index in [4.69, 9.17) is 9.47 Å². The van der Waals surface area contributed by atoms with E-state index in [1.165, 1.54) is 6.21 Å². The molecule has 1 N–H and O–H groups in total. The molecule has 0 aliphatic rings. The summed E-state index contributed by atoms with van der Waals surface area (Å²) in [5.41, 5.74) is 3.04. The number of nitrogens with zero attached hydrogens (tertiary/aromatic N) is 2. The second-order valence-electron chi connectivity index (χ2n) is 4.22. The van der Waals surface area contributed by atoms with Crippen molar-refractivity contribution in [1.29, 1.82) is 0 Å². The van der Waals surface area contributed by atoms with Gasteiger partial charge < -0.3 is 9.47 Å². The Hall–Kier alpha value is -2.89. The van der Waals surface area contributed by atoms with E-state index in [1.54, 1.807) is 30.5 Å². The third kappa shape index (κ3) is 4.90. The molecule has 2 aromatic rings. The van der Waals surface area contributed by atoms with E-state index < -0.39 is 0 Å². The molecule has 1 amide bonds. The number of amides is 1. The van der Waals surface area contributed by atoms with E-state index in [1.807, 2.05) is 25.1 Å². The highest BCUT2D eigenvalue weighted by molar-refractivity contribution is 5.81. The van der Waals surface area contributed by atoms with Crippen LogP contribution in [0.5, 0.6) is 11.5 Å². The van der Waals surface area contributed by atoms with E-state index >= 15 is 0 Å². The van der Waals surface area contributed by atoms with E-state index in [0.717, 1.165) is 0 Å². The van der Waals surface area contributed by atoms with Gasteiger partial charge >= 0.3 is 0 Å². The molecule has 0 unspecified atom stereocenters. The topological polar surface area (TPSA) is 72.8 Å². The largest absolute Gasteiger partial charge is 0.490 e. The number of rotatable bonds is 7. The van der Waals surface area contributed by atoms with Crippen molar-refractivity contribution in [2.45, 2.75) is 6.92 Å². The van der Waals surface area contributed by atoms with Crippen molar-refractivity contribution in [3.8, 4) is 11.5 Å². The summed E-state index contributed by atoms with van der Waals surface area (Å²) in [5, 5.41) is 3.81. The van der Waals surface area contributed by atoms with E-state index in [0.29, 0.717) is 23.8 Å². The van der Waals surface area contributed by atoms with E-state index in [-0.39, 0.29) is 12.5 Å². The minimum absolute atomic E-state index is 0.149. The van der Waals surface area contributed by atoms with Crippen molar-refractivity contribution in [1.82, 2.24) is 10.4 Å². The predicted octanol–water partition coefficient (Wildman–Crippen LogP) is 2.01. The van der Waals surface area contributed by atoms with Gasteiger partial charge in [-0.05, 0) is 31.2 Å². The van der Waals surface area contributed by atoms with Crippen molar-refractivity contribution in [2.24, 2.45) is 5.10 Å². The van der Waals surface area contributed by atoms with Crippen LogP contribution in [0.1, 0.15) is 12.6 Å². The normalized spacial score (nSPS) is 10.4. The van der Waals surface area contributed by atoms with Crippen LogP contribution in [-0.4, -0.2) is 30.3 Å². The van der Waals surface area contributed by atoms with Gasteiger partial charge in [0.1, 0.15) is 0 Å². The molecule has 0 radical (unpaired) electrons. The lowest BCUT2D eigenvalue weighted by Crippen LogP contribution is -2.24. The van der Waals surface area contributed by atoms with Crippen molar-refractivity contribution >= 4 is 12.1 Å². The van der Waals surface area contributed by atoms with Crippen molar-refractivity contribution in [2.75, 3.05) is 13.2 Å². The minimum Gasteiger partial charge on any atom is -0.490 e. The van der Waals surface area contributed by atoms with Crippen molar-refractivity contribution < 1.29 is 14.3 Å². The number of benzene rings is 1. The summed E-state index contributed by atoms with van der Waals surface area (Å²) in [4.78, 5) is 15.7. The van der Waals surface area contributed by atoms with E-state index in [9.17, 15) is 4.79 Å². The molecule has 114 valence electrons. The molecule has 1 aromatic carbocycles. The molecule has 6 heteroatoms. The lowest BCUT2D eigenvalue weighted by Gasteiger charge is -2.10. The van der Waals surface area contributed by atoms with Crippen LogP contribution in [0.25, 0.3) is 0 Å². The Balaban J connectivity index is 1.82. The average Bonchev–Trinajstić information content (AvgIpc) is 2.55. The Morgan fingerprint density at radius 3 is 2.59 bits per heavy atom. The minimum atomic E-state index is -0.363. The fourth-order valence-corrected chi connectivity index (χ4v) is 1.64. The molecule has 2 rings (SSSR count). The number of nitrogens with one attached hydrogen (secondary N) is 1. The molecule has 0 aliphatic carbocycles. The quantitative estimate of drug-likeness (QED) is 0.627. The van der Waals surface area contributed by atoms with Crippen LogP contribution in [0.3, 0.4) is 0 Å². The molecule has 0 fully saturated rings. The number of pyridine rings is 1. The van der Waals surface area contributed by atoms with E-state index in [2.05, 4.69) is 15.5 Å². The van der Waals surface area contributed by atoms with Crippen LogP contribution in [-0.2, 0) is 4.79 Å². The highest BCUT2D eigenvalue weighted by atomic mass is 16.5. The summed E-state index contributed by atoms with van der Waals surface area (Å²) < 4.78 is 10.8. The number of aromatic nitrogens is 1. The second-order valence-corrected chi connectivity index (χ2v) is 4.22. The van der Waals surface area contributed by atoms with Gasteiger partial charge in [0.2, 0.25) is 0 Å². The highest BCUT2D eigenvalue weighted by Crippen LogP contribution is 2.26. The zero-order chi connectivity index (χ0) is 15.6. The monoisotopic (exact) mass is 299 g/mol. The van der Waals surface area contributed by atoms with Gasteiger partial charge in [0, 0.05) is 6.20 Å². The fourth-order valence-electron chi connectivity index (χ4n) is 1.64. The van der Waals surface area contributed by atoms with Gasteiger partial charge in [-0.3, -0.25) is 9.78 Å². The Bertz CT molecular complexity index is 630. The summed E-state index contributed by atoms with van der Waals surface area (Å²) >= 11 is 0. The first kappa shape index (κ1) is 15.5. The Morgan fingerprint density at radius 1 is 1.18 bits per heavy atom. The number of carbonyl (C=O) groups is 1. The first-order chi connectivity index (χ1) is 10.8. The maximum Gasteiger partial charge on any atom is 0.277 e. The average molecular weight is 299 g/mol. The van der Waals surface area contributed by atoms with Crippen LogP contribution in [0.2, 0.25) is 0 Å². The SMILES string of the molecule is CCOc1ccccc1OCC(=O)N/N=C\c1ccccn1. The second kappa shape index (κ2) is 8.41. The van der Waals surface area contributed by atoms with Gasteiger partial charge in [-0.1, -0.05) is 18.2 Å². The molecule has 22 heavy (non-hydrogen) atoms. The molecule has 1 heterocycles. The first-order valence-electron chi connectivity index (χ1n) is 6.87. The Morgan fingerprint density at radius 2 is 1.91 bits per heavy atom. The van der Waals surface area contributed by atoms with Crippen LogP contribution in [0.4, 0.5) is 0 Å². The van der Waals surface area contributed by atoms with Crippen LogP contribution in [0.15, 0.2) is 53.8 Å². The van der Waals surface area contributed by atoms with Crippen molar-refractivity contribution in [3.63, 3.8) is 0 Å². The molecular weight excluding hydrogens is 282 g/mol. The molecule has 0 saturated carbocycles. The highest BCUT2D eigenvalue weighted by Gasteiger charge is 2.06. The summed E-state index contributed by atoms with van der Waals surface area (Å²) in [7, 11) is 0. The van der Waals surface area contributed by atoms with Crippen LogP contribution >= 0.6 is 0 Å². The third-order valence-electron chi connectivity index (χ3n) is 2.58. The summed E-state index contributed by atoms with van der Waals surface area (Å²) in [6.45, 7) is 2.26.